The first-order valence-corrected chi connectivity index (χ1v) is 7.75. The molecule has 2 fully saturated rings. The predicted octanol–water partition coefficient (Wildman–Crippen LogP) is 1.09. The monoisotopic (exact) mass is 276 g/mol. The molecule has 0 aliphatic carbocycles. The SMILES string of the molecule is CC1CCCN(c2cnn(CCC3CNC3)c(=O)c2)C1. The molecule has 0 radical (unpaired) electrons. The van der Waals surface area contributed by atoms with E-state index in [1.807, 2.05) is 6.20 Å². The Morgan fingerprint density at radius 3 is 2.95 bits per heavy atom. The molecule has 1 N–H and O–H groups in total. The average Bonchev–Trinajstić information content (AvgIpc) is 2.38. The first-order valence-electron chi connectivity index (χ1n) is 7.75. The Hall–Kier alpha value is -1.36. The summed E-state index contributed by atoms with van der Waals surface area (Å²) in [5.74, 6) is 1.42. The van der Waals surface area contributed by atoms with Crippen molar-refractivity contribution in [3.8, 4) is 0 Å². The fourth-order valence-corrected chi connectivity index (χ4v) is 3.05. The number of hydrogen-bond donors (Lipinski definition) is 1. The zero-order chi connectivity index (χ0) is 13.9. The van der Waals surface area contributed by atoms with Crippen LogP contribution in [0.15, 0.2) is 17.1 Å². The number of anilines is 1. The summed E-state index contributed by atoms with van der Waals surface area (Å²) in [5.41, 5.74) is 1.02. The number of nitrogens with one attached hydrogen (secondary N) is 1. The van der Waals surface area contributed by atoms with Crippen molar-refractivity contribution in [1.29, 1.82) is 0 Å². The number of rotatable bonds is 4. The lowest BCUT2D eigenvalue weighted by Gasteiger charge is -2.32. The minimum atomic E-state index is 0.0352. The second-order valence-electron chi connectivity index (χ2n) is 6.28. The van der Waals surface area contributed by atoms with Crippen LogP contribution in [0.25, 0.3) is 0 Å². The van der Waals surface area contributed by atoms with Crippen molar-refractivity contribution >= 4 is 5.69 Å². The van der Waals surface area contributed by atoms with Crippen LogP contribution < -0.4 is 15.8 Å². The molecule has 0 aromatic carbocycles. The van der Waals surface area contributed by atoms with Crippen LogP contribution in [-0.4, -0.2) is 36.0 Å². The maximum Gasteiger partial charge on any atom is 0.268 e. The van der Waals surface area contributed by atoms with Crippen LogP contribution in [0.5, 0.6) is 0 Å². The molecule has 1 unspecified atom stereocenters. The smallest absolute Gasteiger partial charge is 0.268 e. The highest BCUT2D eigenvalue weighted by molar-refractivity contribution is 5.43. The Labute approximate surface area is 120 Å². The zero-order valence-electron chi connectivity index (χ0n) is 12.2. The van der Waals surface area contributed by atoms with Gasteiger partial charge < -0.3 is 10.2 Å². The number of hydrogen-bond acceptors (Lipinski definition) is 4. The van der Waals surface area contributed by atoms with E-state index in [1.54, 1.807) is 10.7 Å². The van der Waals surface area contributed by atoms with Gasteiger partial charge in [-0.2, -0.15) is 5.10 Å². The van der Waals surface area contributed by atoms with E-state index in [2.05, 4.69) is 22.2 Å². The van der Waals surface area contributed by atoms with Gasteiger partial charge >= 0.3 is 0 Å². The highest BCUT2D eigenvalue weighted by Gasteiger charge is 2.19. The third kappa shape index (κ3) is 3.03. The fraction of sp³-hybridized carbons (Fsp3) is 0.733. The molecule has 2 aliphatic heterocycles. The lowest BCUT2D eigenvalue weighted by Crippen LogP contribution is -2.42. The van der Waals surface area contributed by atoms with Crippen LogP contribution in [0.2, 0.25) is 0 Å². The van der Waals surface area contributed by atoms with E-state index in [1.165, 1.54) is 12.8 Å². The highest BCUT2D eigenvalue weighted by atomic mass is 16.1. The Morgan fingerprint density at radius 1 is 1.45 bits per heavy atom. The molecular formula is C15H24N4O. The molecule has 1 aromatic heterocycles. The van der Waals surface area contributed by atoms with Gasteiger partial charge in [0.2, 0.25) is 0 Å². The second kappa shape index (κ2) is 5.95. The highest BCUT2D eigenvalue weighted by Crippen LogP contribution is 2.20. The molecule has 5 heteroatoms. The number of piperidine rings is 1. The molecule has 0 spiro atoms. The maximum atomic E-state index is 12.1. The molecule has 3 heterocycles. The Bertz CT molecular complexity index is 509. The van der Waals surface area contributed by atoms with Gasteiger partial charge in [-0.3, -0.25) is 4.79 Å². The summed E-state index contributed by atoms with van der Waals surface area (Å²) in [6.45, 7) is 7.26. The van der Waals surface area contributed by atoms with E-state index in [0.29, 0.717) is 11.8 Å². The van der Waals surface area contributed by atoms with Crippen LogP contribution in [0, 0.1) is 11.8 Å². The van der Waals surface area contributed by atoms with Crippen molar-refractivity contribution in [3.05, 3.63) is 22.6 Å². The third-order valence-electron chi connectivity index (χ3n) is 4.49. The molecule has 3 rings (SSSR count). The summed E-state index contributed by atoms with van der Waals surface area (Å²) in [4.78, 5) is 14.4. The number of aryl methyl sites for hydroxylation is 1. The summed E-state index contributed by atoms with van der Waals surface area (Å²) >= 11 is 0. The first-order chi connectivity index (χ1) is 9.72. The topological polar surface area (TPSA) is 50.2 Å². The molecule has 2 saturated heterocycles. The standard InChI is InChI=1S/C15H24N4O/c1-12-3-2-5-18(11-12)14-7-15(20)19(17-10-14)6-4-13-8-16-9-13/h7,10,12-13,16H,2-6,8-9,11H2,1H3. The van der Waals surface area contributed by atoms with Gasteiger partial charge in [-0.25, -0.2) is 4.68 Å². The molecule has 2 aliphatic rings. The van der Waals surface area contributed by atoms with E-state index in [0.717, 1.165) is 44.8 Å². The van der Waals surface area contributed by atoms with Crippen molar-refractivity contribution < 1.29 is 0 Å². The minimum absolute atomic E-state index is 0.0352. The molecule has 1 atom stereocenters. The van der Waals surface area contributed by atoms with Gasteiger partial charge in [0.15, 0.2) is 0 Å². The van der Waals surface area contributed by atoms with E-state index in [-0.39, 0.29) is 5.56 Å². The summed E-state index contributed by atoms with van der Waals surface area (Å²) in [5, 5.41) is 7.60. The molecule has 0 amide bonds. The molecule has 110 valence electrons. The van der Waals surface area contributed by atoms with Crippen LogP contribution in [0.4, 0.5) is 5.69 Å². The first kappa shape index (κ1) is 13.6. The quantitative estimate of drug-likeness (QED) is 0.894. The molecule has 1 aromatic rings. The predicted molar refractivity (Wildman–Crippen MR) is 80.1 cm³/mol. The van der Waals surface area contributed by atoms with Gasteiger partial charge in [0, 0.05) is 25.7 Å². The van der Waals surface area contributed by atoms with Gasteiger partial charge in [0.25, 0.3) is 5.56 Å². The Kier molecular flexibility index (Phi) is 4.05. The van der Waals surface area contributed by atoms with Gasteiger partial charge in [-0.15, -0.1) is 0 Å². The van der Waals surface area contributed by atoms with Gasteiger partial charge in [-0.1, -0.05) is 6.92 Å². The van der Waals surface area contributed by atoms with Crippen molar-refractivity contribution in [1.82, 2.24) is 15.1 Å². The van der Waals surface area contributed by atoms with E-state index in [4.69, 9.17) is 0 Å². The maximum absolute atomic E-state index is 12.1. The number of nitrogens with zero attached hydrogens (tertiary/aromatic N) is 3. The van der Waals surface area contributed by atoms with Crippen molar-refractivity contribution in [3.63, 3.8) is 0 Å². The lowest BCUT2D eigenvalue weighted by atomic mass is 9.99. The van der Waals surface area contributed by atoms with Crippen LogP contribution in [0.3, 0.4) is 0 Å². The van der Waals surface area contributed by atoms with Crippen LogP contribution in [-0.2, 0) is 6.54 Å². The molecule has 20 heavy (non-hydrogen) atoms. The van der Waals surface area contributed by atoms with E-state index >= 15 is 0 Å². The fourth-order valence-electron chi connectivity index (χ4n) is 3.05. The van der Waals surface area contributed by atoms with E-state index in [9.17, 15) is 4.79 Å². The van der Waals surface area contributed by atoms with Gasteiger partial charge in [0.1, 0.15) is 0 Å². The third-order valence-corrected chi connectivity index (χ3v) is 4.49. The molecule has 5 nitrogen and oxygen atoms in total. The van der Waals surface area contributed by atoms with Crippen molar-refractivity contribution in [2.75, 3.05) is 31.1 Å². The second-order valence-corrected chi connectivity index (χ2v) is 6.28. The largest absolute Gasteiger partial charge is 0.370 e. The Morgan fingerprint density at radius 2 is 2.30 bits per heavy atom. The molecule has 0 bridgehead atoms. The molecular weight excluding hydrogens is 252 g/mol. The number of aromatic nitrogens is 2. The molecule has 0 saturated carbocycles. The Balaban J connectivity index is 1.65. The summed E-state index contributed by atoms with van der Waals surface area (Å²) in [6.07, 6.45) is 5.40. The summed E-state index contributed by atoms with van der Waals surface area (Å²) < 4.78 is 1.61. The average molecular weight is 276 g/mol. The van der Waals surface area contributed by atoms with Gasteiger partial charge in [-0.05, 0) is 44.2 Å². The van der Waals surface area contributed by atoms with Gasteiger partial charge in [0.05, 0.1) is 11.9 Å². The van der Waals surface area contributed by atoms with Crippen LogP contribution in [0.1, 0.15) is 26.2 Å². The zero-order valence-corrected chi connectivity index (χ0v) is 12.2. The normalized spacial score (nSPS) is 23.6. The lowest BCUT2D eigenvalue weighted by molar-refractivity contribution is 0.304. The van der Waals surface area contributed by atoms with Crippen molar-refractivity contribution in [2.24, 2.45) is 11.8 Å². The van der Waals surface area contributed by atoms with E-state index < -0.39 is 0 Å². The van der Waals surface area contributed by atoms with Crippen LogP contribution >= 0.6 is 0 Å². The van der Waals surface area contributed by atoms with Crippen molar-refractivity contribution in [2.45, 2.75) is 32.7 Å². The minimum Gasteiger partial charge on any atom is -0.370 e. The summed E-state index contributed by atoms with van der Waals surface area (Å²) in [7, 11) is 0. The summed E-state index contributed by atoms with van der Waals surface area (Å²) in [6, 6.07) is 1.75.